The van der Waals surface area contributed by atoms with Crippen molar-refractivity contribution in [2.45, 2.75) is 58.6 Å². The van der Waals surface area contributed by atoms with Gasteiger partial charge in [0.15, 0.2) is 0 Å². The van der Waals surface area contributed by atoms with Crippen LogP contribution in [0.5, 0.6) is 0 Å². The van der Waals surface area contributed by atoms with Crippen LogP contribution < -0.4 is 10.6 Å². The fourth-order valence-corrected chi connectivity index (χ4v) is 4.66. The van der Waals surface area contributed by atoms with Gasteiger partial charge in [0.2, 0.25) is 0 Å². The number of aryl methyl sites for hydroxylation is 1. The second-order valence-electron chi connectivity index (χ2n) is 8.92. The van der Waals surface area contributed by atoms with Crippen molar-refractivity contribution in [2.75, 3.05) is 11.9 Å². The monoisotopic (exact) mass is 435 g/mol. The first-order valence-electron chi connectivity index (χ1n) is 10.9. The van der Waals surface area contributed by atoms with Crippen LogP contribution in [0.15, 0.2) is 48.4 Å². The average molecular weight is 436 g/mol. The molecule has 0 bridgehead atoms. The number of fused-ring (bicyclic) bond motifs is 1. The van der Waals surface area contributed by atoms with Gasteiger partial charge in [-0.2, -0.15) is 0 Å². The molecule has 2 aromatic rings. The first-order valence-corrected chi connectivity index (χ1v) is 10.9. The normalized spacial score (nSPS) is 23.3. The molecule has 0 unspecified atom stereocenters. The standard InChI is InChI=1S/C25H26FN3O2.CH4/c1-25(2)20(15-5-7-18(28-14-15)9-8-17-4-3-11-27-17)13-22(31-25)23-19-12-16(26)6-10-21(19)29-24(23)30;/h5-7,10,12-14,17,27H,3-4,8-9,11H2,1-2H3,(H,29,30);1H4/b23-22+;/t17-;/m0./s1. The average Bonchev–Trinajstić information content (AvgIpc) is 3.43. The highest BCUT2D eigenvalue weighted by atomic mass is 19.1. The first-order chi connectivity index (χ1) is 14.9. The third-order valence-corrected chi connectivity index (χ3v) is 6.31. The molecule has 0 aliphatic carbocycles. The summed E-state index contributed by atoms with van der Waals surface area (Å²) in [5.74, 6) is -0.210. The van der Waals surface area contributed by atoms with Crippen molar-refractivity contribution in [3.8, 4) is 0 Å². The van der Waals surface area contributed by atoms with Gasteiger partial charge in [-0.1, -0.05) is 13.5 Å². The zero-order valence-electron chi connectivity index (χ0n) is 17.8. The summed E-state index contributed by atoms with van der Waals surface area (Å²) >= 11 is 0. The number of hydrogen-bond acceptors (Lipinski definition) is 4. The molecule has 1 aromatic heterocycles. The maximum absolute atomic E-state index is 13.8. The van der Waals surface area contributed by atoms with E-state index in [1.54, 1.807) is 6.07 Å². The lowest BCUT2D eigenvalue weighted by atomic mass is 9.93. The highest BCUT2D eigenvalue weighted by Gasteiger charge is 2.38. The maximum atomic E-state index is 13.8. The Hall–Kier alpha value is -2.99. The first kappa shape index (κ1) is 22.2. The minimum atomic E-state index is -0.629. The summed E-state index contributed by atoms with van der Waals surface area (Å²) in [4.78, 5) is 17.3. The molecule has 2 N–H and O–H groups in total. The number of carbonyl (C=O) groups is 1. The predicted molar refractivity (Wildman–Crippen MR) is 125 cm³/mol. The van der Waals surface area contributed by atoms with Crippen LogP contribution in [0.3, 0.4) is 0 Å². The van der Waals surface area contributed by atoms with Gasteiger partial charge in [0.1, 0.15) is 17.2 Å². The van der Waals surface area contributed by atoms with Gasteiger partial charge in [-0.3, -0.25) is 9.78 Å². The van der Waals surface area contributed by atoms with E-state index in [-0.39, 0.29) is 19.2 Å². The minimum absolute atomic E-state index is 0. The molecular formula is C26H30FN3O2. The molecule has 0 radical (unpaired) electrons. The SMILES string of the molecule is C.CC1(C)O/C(=C2/C(=O)Nc3ccc(F)cc32)C=C1c1ccc(CC[C@@H]2CCCN2)nc1. The van der Waals surface area contributed by atoms with Gasteiger partial charge in [0.25, 0.3) is 5.91 Å². The molecule has 4 heterocycles. The number of ether oxygens (including phenoxy) is 1. The summed E-state index contributed by atoms with van der Waals surface area (Å²) in [5.41, 5.74) is 3.85. The molecule has 3 aliphatic heterocycles. The lowest BCUT2D eigenvalue weighted by Crippen LogP contribution is -2.22. The predicted octanol–water partition coefficient (Wildman–Crippen LogP) is 5.10. The van der Waals surface area contributed by atoms with Gasteiger partial charge in [-0.15, -0.1) is 0 Å². The number of nitrogens with zero attached hydrogens (tertiary/aromatic N) is 1. The van der Waals surface area contributed by atoms with E-state index in [0.717, 1.165) is 36.2 Å². The Labute approximate surface area is 188 Å². The van der Waals surface area contributed by atoms with Crippen LogP contribution in [-0.4, -0.2) is 29.1 Å². The molecule has 1 amide bonds. The van der Waals surface area contributed by atoms with Crippen LogP contribution in [0, 0.1) is 5.82 Å². The lowest BCUT2D eigenvalue weighted by molar-refractivity contribution is -0.111. The van der Waals surface area contributed by atoms with Crippen LogP contribution in [-0.2, 0) is 16.0 Å². The minimum Gasteiger partial charge on any atom is -0.482 e. The van der Waals surface area contributed by atoms with Gasteiger partial charge in [-0.05, 0) is 76.4 Å². The highest BCUT2D eigenvalue weighted by molar-refractivity contribution is 6.32. The molecule has 6 heteroatoms. The zero-order chi connectivity index (χ0) is 21.6. The third-order valence-electron chi connectivity index (χ3n) is 6.31. The van der Waals surface area contributed by atoms with Crippen molar-refractivity contribution in [2.24, 2.45) is 0 Å². The number of allylic oxidation sites excluding steroid dienone is 1. The highest BCUT2D eigenvalue weighted by Crippen LogP contribution is 2.44. The Bertz CT molecular complexity index is 1100. The van der Waals surface area contributed by atoms with Crippen molar-refractivity contribution in [3.63, 3.8) is 0 Å². The third kappa shape index (κ3) is 4.07. The number of aromatic nitrogens is 1. The van der Waals surface area contributed by atoms with Crippen LogP contribution in [0.25, 0.3) is 11.1 Å². The molecule has 0 saturated carbocycles. The van der Waals surface area contributed by atoms with E-state index in [9.17, 15) is 9.18 Å². The molecule has 1 fully saturated rings. The van der Waals surface area contributed by atoms with Crippen molar-refractivity contribution < 1.29 is 13.9 Å². The summed E-state index contributed by atoms with van der Waals surface area (Å²) < 4.78 is 20.0. The number of nitrogens with one attached hydrogen (secondary N) is 2. The number of carbonyl (C=O) groups excluding carboxylic acids is 1. The Morgan fingerprint density at radius 2 is 2.09 bits per heavy atom. The molecule has 3 aliphatic rings. The summed E-state index contributed by atoms with van der Waals surface area (Å²) in [5, 5.41) is 6.31. The maximum Gasteiger partial charge on any atom is 0.260 e. The van der Waals surface area contributed by atoms with E-state index in [2.05, 4.69) is 27.8 Å². The molecular weight excluding hydrogens is 405 g/mol. The van der Waals surface area contributed by atoms with Crippen molar-refractivity contribution in [1.82, 2.24) is 10.3 Å². The molecule has 1 aromatic carbocycles. The zero-order valence-corrected chi connectivity index (χ0v) is 17.8. The number of halogens is 1. The topological polar surface area (TPSA) is 63.2 Å². The van der Waals surface area contributed by atoms with Gasteiger partial charge >= 0.3 is 0 Å². The van der Waals surface area contributed by atoms with Crippen molar-refractivity contribution >= 4 is 22.7 Å². The number of amides is 1. The number of anilines is 1. The van der Waals surface area contributed by atoms with Gasteiger partial charge in [0.05, 0.1) is 5.57 Å². The Morgan fingerprint density at radius 3 is 2.81 bits per heavy atom. The number of benzene rings is 1. The van der Waals surface area contributed by atoms with E-state index >= 15 is 0 Å². The molecule has 5 nitrogen and oxygen atoms in total. The van der Waals surface area contributed by atoms with Crippen LogP contribution in [0.1, 0.15) is 57.4 Å². The largest absolute Gasteiger partial charge is 0.482 e. The van der Waals surface area contributed by atoms with Crippen molar-refractivity contribution in [3.05, 3.63) is 71.0 Å². The molecule has 0 spiro atoms. The van der Waals surface area contributed by atoms with E-state index in [4.69, 9.17) is 4.74 Å². The fraction of sp³-hybridized carbons (Fsp3) is 0.385. The summed E-state index contributed by atoms with van der Waals surface area (Å²) in [7, 11) is 0. The molecule has 1 atom stereocenters. The summed E-state index contributed by atoms with van der Waals surface area (Å²) in [6.45, 7) is 5.05. The second-order valence-corrected chi connectivity index (χ2v) is 8.92. The van der Waals surface area contributed by atoms with Crippen molar-refractivity contribution in [1.29, 1.82) is 0 Å². The van der Waals surface area contributed by atoms with E-state index in [1.807, 2.05) is 26.1 Å². The number of pyridine rings is 1. The summed E-state index contributed by atoms with van der Waals surface area (Å²) in [6, 6.07) is 9.02. The van der Waals surface area contributed by atoms with E-state index < -0.39 is 5.60 Å². The number of rotatable bonds is 4. The summed E-state index contributed by atoms with van der Waals surface area (Å²) in [6.07, 6.45) is 8.32. The van der Waals surface area contributed by atoms with Crippen LogP contribution in [0.4, 0.5) is 10.1 Å². The Balaban J connectivity index is 0.00000245. The molecule has 1 saturated heterocycles. The second kappa shape index (κ2) is 8.51. The Kier molecular flexibility index (Phi) is 5.91. The van der Waals surface area contributed by atoms with Gasteiger partial charge in [-0.25, -0.2) is 4.39 Å². The van der Waals surface area contributed by atoms with Crippen LogP contribution in [0.2, 0.25) is 0 Å². The van der Waals surface area contributed by atoms with E-state index in [0.29, 0.717) is 28.6 Å². The lowest BCUT2D eigenvalue weighted by Gasteiger charge is -2.23. The smallest absolute Gasteiger partial charge is 0.260 e. The fourth-order valence-electron chi connectivity index (χ4n) is 4.66. The van der Waals surface area contributed by atoms with E-state index in [1.165, 1.54) is 25.0 Å². The Morgan fingerprint density at radius 1 is 1.25 bits per heavy atom. The van der Waals surface area contributed by atoms with Gasteiger partial charge in [0, 0.05) is 40.3 Å². The number of hydrogen-bond donors (Lipinski definition) is 2. The quantitative estimate of drug-likeness (QED) is 0.656. The molecule has 32 heavy (non-hydrogen) atoms. The molecule has 168 valence electrons. The molecule has 5 rings (SSSR count). The van der Waals surface area contributed by atoms with Crippen LogP contribution >= 0.6 is 0 Å². The van der Waals surface area contributed by atoms with Gasteiger partial charge < -0.3 is 15.4 Å².